The summed E-state index contributed by atoms with van der Waals surface area (Å²) in [4.78, 5) is 4.95. The van der Waals surface area contributed by atoms with Crippen LogP contribution in [-0.4, -0.2) is 29.3 Å². The third-order valence-corrected chi connectivity index (χ3v) is 5.49. The van der Waals surface area contributed by atoms with Gasteiger partial charge in [0.2, 0.25) is 0 Å². The molecule has 0 saturated heterocycles. The third-order valence-electron chi connectivity index (χ3n) is 3.81. The van der Waals surface area contributed by atoms with Crippen LogP contribution in [0.3, 0.4) is 0 Å². The fraction of sp³-hybridized carbons (Fsp3) is 0.615. The van der Waals surface area contributed by atoms with Gasteiger partial charge in [0.1, 0.15) is 17.9 Å². The average molecular weight is 364 g/mol. The standard InChI is InChI=1S/C13H15F3N4O3S/c1-4-8-7(2)23-19-12(8)24(21,22)6-9-10(5-17)20(3)18-11(9)13(14,15)16/h7-8H,4,6H2,1-3H3. The number of aromatic nitrogens is 2. The van der Waals surface area contributed by atoms with Gasteiger partial charge in [-0.2, -0.15) is 23.5 Å². The first-order chi connectivity index (χ1) is 11.0. The average Bonchev–Trinajstić information content (AvgIpc) is 2.98. The van der Waals surface area contributed by atoms with Crippen molar-refractivity contribution in [3.63, 3.8) is 0 Å². The van der Waals surface area contributed by atoms with Gasteiger partial charge in [-0.15, -0.1) is 0 Å². The Morgan fingerprint density at radius 3 is 2.54 bits per heavy atom. The Labute approximate surface area is 136 Å². The summed E-state index contributed by atoms with van der Waals surface area (Å²) < 4.78 is 65.1. The Hall–Kier alpha value is -2.09. The second-order valence-corrected chi connectivity index (χ2v) is 7.36. The number of nitriles is 1. The zero-order chi connectivity index (χ0) is 18.3. The predicted octanol–water partition coefficient (Wildman–Crippen LogP) is 1.98. The number of sulfone groups is 1. The molecule has 1 aromatic rings. The summed E-state index contributed by atoms with van der Waals surface area (Å²) in [7, 11) is -3.04. The number of alkyl halides is 3. The predicted molar refractivity (Wildman–Crippen MR) is 77.3 cm³/mol. The number of hydrogen-bond donors (Lipinski definition) is 0. The SMILES string of the molecule is CCC1C(S(=O)(=O)Cc2c(C(F)(F)F)nn(C)c2C#N)=NOC1C. The van der Waals surface area contributed by atoms with Crippen LogP contribution >= 0.6 is 0 Å². The highest BCUT2D eigenvalue weighted by atomic mass is 32.2. The maximum absolute atomic E-state index is 13.1. The number of aryl methyl sites for hydroxylation is 1. The Balaban J connectivity index is 2.50. The van der Waals surface area contributed by atoms with Crippen LogP contribution < -0.4 is 0 Å². The Kier molecular flexibility index (Phi) is 4.63. The van der Waals surface area contributed by atoms with Crippen LogP contribution in [0.5, 0.6) is 0 Å². The molecule has 2 atom stereocenters. The van der Waals surface area contributed by atoms with Gasteiger partial charge in [-0.25, -0.2) is 8.42 Å². The molecule has 0 aliphatic carbocycles. The monoisotopic (exact) mass is 364 g/mol. The molecule has 0 amide bonds. The minimum absolute atomic E-state index is 0.293. The van der Waals surface area contributed by atoms with E-state index < -0.39 is 50.7 Å². The highest BCUT2D eigenvalue weighted by Crippen LogP contribution is 2.34. The lowest BCUT2D eigenvalue weighted by molar-refractivity contribution is -0.141. The van der Waals surface area contributed by atoms with Crippen LogP contribution in [-0.2, 0) is 33.7 Å². The summed E-state index contributed by atoms with van der Waals surface area (Å²) in [5.74, 6) is -1.55. The number of oxime groups is 1. The molecule has 11 heteroatoms. The minimum atomic E-state index is -4.87. The highest BCUT2D eigenvalue weighted by Gasteiger charge is 2.43. The van der Waals surface area contributed by atoms with E-state index in [9.17, 15) is 21.6 Å². The normalized spacial score (nSPS) is 21.3. The van der Waals surface area contributed by atoms with Gasteiger partial charge in [-0.1, -0.05) is 12.1 Å². The Bertz CT molecular complexity index is 821. The van der Waals surface area contributed by atoms with Crippen molar-refractivity contribution in [3.8, 4) is 6.07 Å². The van der Waals surface area contributed by atoms with Gasteiger partial charge in [0.15, 0.2) is 20.6 Å². The summed E-state index contributed by atoms with van der Waals surface area (Å²) in [6.45, 7) is 3.36. The molecule has 0 spiro atoms. The molecule has 1 aromatic heterocycles. The first-order valence-corrected chi connectivity index (χ1v) is 8.67. The fourth-order valence-corrected chi connectivity index (χ4v) is 4.38. The number of hydrogen-bond acceptors (Lipinski definition) is 6. The summed E-state index contributed by atoms with van der Waals surface area (Å²) in [6, 6.07) is 1.57. The molecule has 0 radical (unpaired) electrons. The van der Waals surface area contributed by atoms with Crippen LogP contribution in [0.2, 0.25) is 0 Å². The number of nitrogens with zero attached hydrogens (tertiary/aromatic N) is 4. The van der Waals surface area contributed by atoms with Gasteiger partial charge in [-0.05, 0) is 13.3 Å². The number of rotatable bonds is 3. The van der Waals surface area contributed by atoms with E-state index >= 15 is 0 Å². The fourth-order valence-electron chi connectivity index (χ4n) is 2.61. The van der Waals surface area contributed by atoms with E-state index in [4.69, 9.17) is 10.1 Å². The van der Waals surface area contributed by atoms with Gasteiger partial charge in [0.25, 0.3) is 0 Å². The second kappa shape index (κ2) is 6.08. The van der Waals surface area contributed by atoms with Crippen molar-refractivity contribution in [2.75, 3.05) is 0 Å². The maximum atomic E-state index is 13.1. The molecule has 2 heterocycles. The molecule has 0 saturated carbocycles. The smallest absolute Gasteiger partial charge is 0.391 e. The van der Waals surface area contributed by atoms with Crippen molar-refractivity contribution in [1.29, 1.82) is 5.26 Å². The maximum Gasteiger partial charge on any atom is 0.435 e. The summed E-state index contributed by atoms with van der Waals surface area (Å²) in [5.41, 5.74) is -2.51. The molecular formula is C13H15F3N4O3S. The largest absolute Gasteiger partial charge is 0.435 e. The molecular weight excluding hydrogens is 349 g/mol. The van der Waals surface area contributed by atoms with Gasteiger partial charge in [0, 0.05) is 12.6 Å². The van der Waals surface area contributed by atoms with Gasteiger partial charge in [-0.3, -0.25) is 4.68 Å². The quantitative estimate of drug-likeness (QED) is 0.817. The molecule has 2 rings (SSSR count). The third kappa shape index (κ3) is 3.10. The van der Waals surface area contributed by atoms with Crippen LogP contribution in [0.1, 0.15) is 37.2 Å². The van der Waals surface area contributed by atoms with E-state index in [1.807, 2.05) is 0 Å². The first-order valence-electron chi connectivity index (χ1n) is 7.02. The molecule has 1 aliphatic heterocycles. The zero-order valence-corrected chi connectivity index (χ0v) is 13.9. The zero-order valence-electron chi connectivity index (χ0n) is 13.1. The minimum Gasteiger partial charge on any atom is -0.391 e. The molecule has 24 heavy (non-hydrogen) atoms. The van der Waals surface area contributed by atoms with E-state index in [0.717, 1.165) is 11.7 Å². The second-order valence-electron chi connectivity index (χ2n) is 5.42. The van der Waals surface area contributed by atoms with Crippen LogP contribution in [0.25, 0.3) is 0 Å². The van der Waals surface area contributed by atoms with E-state index in [-0.39, 0.29) is 5.04 Å². The summed E-state index contributed by atoms with van der Waals surface area (Å²) >= 11 is 0. The van der Waals surface area contributed by atoms with Crippen molar-refractivity contribution in [2.45, 2.75) is 38.3 Å². The lowest BCUT2D eigenvalue weighted by atomic mass is 10.0. The molecule has 0 fully saturated rings. The molecule has 1 aliphatic rings. The molecule has 7 nitrogen and oxygen atoms in total. The summed E-state index contributed by atoms with van der Waals surface area (Å²) in [5, 5.41) is 15.5. The van der Waals surface area contributed by atoms with Gasteiger partial charge < -0.3 is 4.84 Å². The van der Waals surface area contributed by atoms with Crippen molar-refractivity contribution in [2.24, 2.45) is 18.1 Å². The van der Waals surface area contributed by atoms with E-state index in [2.05, 4.69) is 10.3 Å². The van der Waals surface area contributed by atoms with E-state index in [0.29, 0.717) is 6.42 Å². The Morgan fingerprint density at radius 1 is 1.42 bits per heavy atom. The van der Waals surface area contributed by atoms with Crippen molar-refractivity contribution in [1.82, 2.24) is 9.78 Å². The first kappa shape index (κ1) is 18.3. The summed E-state index contributed by atoms with van der Waals surface area (Å²) in [6.07, 6.45) is -4.95. The lowest BCUT2D eigenvalue weighted by Gasteiger charge is -2.13. The molecule has 0 aromatic carbocycles. The van der Waals surface area contributed by atoms with Crippen LogP contribution in [0, 0.1) is 17.2 Å². The topological polar surface area (TPSA) is 97.3 Å². The van der Waals surface area contributed by atoms with Gasteiger partial charge in [0.05, 0.1) is 11.7 Å². The van der Waals surface area contributed by atoms with Crippen LogP contribution in [0.4, 0.5) is 13.2 Å². The van der Waals surface area contributed by atoms with Gasteiger partial charge >= 0.3 is 6.18 Å². The van der Waals surface area contributed by atoms with E-state index in [1.165, 1.54) is 0 Å². The Morgan fingerprint density at radius 2 is 2.04 bits per heavy atom. The highest BCUT2D eigenvalue weighted by molar-refractivity contribution is 8.05. The molecule has 0 N–H and O–H groups in total. The lowest BCUT2D eigenvalue weighted by Crippen LogP contribution is -2.28. The van der Waals surface area contributed by atoms with Crippen molar-refractivity contribution < 1.29 is 26.4 Å². The molecule has 0 bridgehead atoms. The molecule has 2 unspecified atom stereocenters. The number of halogens is 3. The van der Waals surface area contributed by atoms with Crippen LogP contribution in [0.15, 0.2) is 5.16 Å². The molecule has 132 valence electrons. The van der Waals surface area contributed by atoms with Crippen molar-refractivity contribution >= 4 is 14.9 Å². The van der Waals surface area contributed by atoms with Crippen molar-refractivity contribution in [3.05, 3.63) is 17.0 Å². The van der Waals surface area contributed by atoms with E-state index in [1.54, 1.807) is 19.9 Å².